The Morgan fingerprint density at radius 2 is 1.96 bits per heavy atom. The van der Waals surface area contributed by atoms with Gasteiger partial charge in [0.05, 0.1) is 6.61 Å². The largest absolute Gasteiger partial charge is 0.490 e. The van der Waals surface area contributed by atoms with Crippen LogP contribution in [0.25, 0.3) is 0 Å². The highest BCUT2D eigenvalue weighted by atomic mass is 35.5. The number of carbonyl (C=O) groups excluding carboxylic acids is 1. The summed E-state index contributed by atoms with van der Waals surface area (Å²) in [7, 11) is 1.73. The summed E-state index contributed by atoms with van der Waals surface area (Å²) in [5.41, 5.74) is 0.458. The minimum absolute atomic E-state index is 0.129. The predicted octanol–water partition coefficient (Wildman–Crippen LogP) is 2.17. The average molecular weight is 397 g/mol. The number of halogens is 1. The summed E-state index contributed by atoms with van der Waals surface area (Å²) < 4.78 is 12.8. The molecule has 2 rings (SSSR count). The van der Waals surface area contributed by atoms with E-state index in [0.717, 1.165) is 5.56 Å². The first-order valence-electron chi connectivity index (χ1n) is 8.55. The number of nitrogens with zero attached hydrogens (tertiary/aromatic N) is 4. The van der Waals surface area contributed by atoms with Crippen molar-refractivity contribution in [3.05, 3.63) is 22.7 Å². The van der Waals surface area contributed by atoms with E-state index in [-0.39, 0.29) is 18.1 Å². The fraction of sp³-hybridized carbons (Fsp3) is 0.529. The van der Waals surface area contributed by atoms with Crippen LogP contribution in [0.5, 0.6) is 11.5 Å². The molecule has 27 heavy (non-hydrogen) atoms. The Bertz CT molecular complexity index is 787. The summed E-state index contributed by atoms with van der Waals surface area (Å²) in [5, 5.41) is 17.6. The van der Waals surface area contributed by atoms with Crippen LogP contribution in [0.4, 0.5) is 5.95 Å². The maximum absolute atomic E-state index is 12.0. The topological polar surface area (TPSA) is 103 Å². The van der Waals surface area contributed by atoms with Crippen molar-refractivity contribution in [2.24, 2.45) is 7.05 Å². The zero-order valence-electron chi connectivity index (χ0n) is 16.2. The molecule has 0 aliphatic carbocycles. The molecule has 0 unspecified atom stereocenters. The van der Waals surface area contributed by atoms with Crippen LogP contribution in [0.15, 0.2) is 12.1 Å². The van der Waals surface area contributed by atoms with Gasteiger partial charge in [-0.3, -0.25) is 4.79 Å². The Balaban J connectivity index is 2.10. The predicted molar refractivity (Wildman–Crippen MR) is 102 cm³/mol. The van der Waals surface area contributed by atoms with Crippen LogP contribution in [0.3, 0.4) is 0 Å². The van der Waals surface area contributed by atoms with E-state index in [4.69, 9.17) is 21.1 Å². The van der Waals surface area contributed by atoms with Gasteiger partial charge >= 0.3 is 0 Å². The van der Waals surface area contributed by atoms with Crippen LogP contribution in [-0.2, 0) is 18.4 Å². The van der Waals surface area contributed by atoms with Crippen molar-refractivity contribution >= 4 is 23.5 Å². The molecule has 0 atom stereocenters. The van der Waals surface area contributed by atoms with Crippen molar-refractivity contribution in [2.75, 3.05) is 18.5 Å². The van der Waals surface area contributed by atoms with Gasteiger partial charge in [0.15, 0.2) is 18.1 Å². The van der Waals surface area contributed by atoms with Gasteiger partial charge in [-0.05, 0) is 49.8 Å². The highest BCUT2D eigenvalue weighted by Crippen LogP contribution is 2.34. The Hall–Kier alpha value is -2.55. The highest BCUT2D eigenvalue weighted by Gasteiger charge is 2.16. The average Bonchev–Trinajstić information content (AvgIpc) is 2.97. The van der Waals surface area contributed by atoms with Gasteiger partial charge in [-0.2, -0.15) is 0 Å². The van der Waals surface area contributed by atoms with Gasteiger partial charge < -0.3 is 20.1 Å². The lowest BCUT2D eigenvalue weighted by Crippen LogP contribution is -2.43. The molecule has 0 saturated carbocycles. The Morgan fingerprint density at radius 1 is 1.26 bits per heavy atom. The Morgan fingerprint density at radius 3 is 2.56 bits per heavy atom. The number of hydrogen-bond donors (Lipinski definition) is 2. The molecule has 1 aromatic heterocycles. The van der Waals surface area contributed by atoms with Gasteiger partial charge in [0.25, 0.3) is 5.91 Å². The number of tetrazole rings is 1. The monoisotopic (exact) mass is 396 g/mol. The van der Waals surface area contributed by atoms with Gasteiger partial charge in [0.2, 0.25) is 5.95 Å². The van der Waals surface area contributed by atoms with E-state index in [1.54, 1.807) is 19.2 Å². The molecule has 0 aliphatic heterocycles. The molecule has 0 spiro atoms. The normalized spacial score (nSPS) is 11.2. The number of aryl methyl sites for hydroxylation is 1. The number of rotatable bonds is 8. The number of nitrogens with one attached hydrogen (secondary N) is 2. The summed E-state index contributed by atoms with van der Waals surface area (Å²) >= 11 is 6.37. The van der Waals surface area contributed by atoms with Crippen molar-refractivity contribution in [3.63, 3.8) is 0 Å². The first-order chi connectivity index (χ1) is 12.7. The van der Waals surface area contributed by atoms with Gasteiger partial charge in [-0.25, -0.2) is 4.68 Å². The third kappa shape index (κ3) is 6.28. The quantitative estimate of drug-likeness (QED) is 0.704. The van der Waals surface area contributed by atoms with Crippen LogP contribution in [-0.4, -0.2) is 44.9 Å². The first-order valence-corrected chi connectivity index (χ1v) is 8.92. The molecule has 2 aromatic rings. The fourth-order valence-corrected chi connectivity index (χ4v) is 2.47. The number of anilines is 1. The zero-order valence-corrected chi connectivity index (χ0v) is 16.9. The van der Waals surface area contributed by atoms with Crippen molar-refractivity contribution < 1.29 is 14.3 Å². The molecule has 0 fully saturated rings. The Labute approximate surface area is 163 Å². The maximum atomic E-state index is 12.0. The van der Waals surface area contributed by atoms with E-state index in [9.17, 15) is 4.79 Å². The van der Waals surface area contributed by atoms with Crippen molar-refractivity contribution in [1.29, 1.82) is 0 Å². The van der Waals surface area contributed by atoms with Gasteiger partial charge in [-0.15, -0.1) is 0 Å². The first kappa shape index (κ1) is 20.8. The van der Waals surface area contributed by atoms with Crippen LogP contribution in [0.2, 0.25) is 5.02 Å². The molecular formula is C17H25ClN6O3. The van der Waals surface area contributed by atoms with Gasteiger partial charge in [0.1, 0.15) is 0 Å². The minimum atomic E-state index is -0.328. The lowest BCUT2D eigenvalue weighted by molar-refractivity contribution is -0.124. The molecule has 1 heterocycles. The molecule has 1 aromatic carbocycles. The third-order valence-corrected chi connectivity index (χ3v) is 3.69. The molecular weight excluding hydrogens is 372 g/mol. The number of ether oxygens (including phenoxy) is 2. The van der Waals surface area contributed by atoms with E-state index in [0.29, 0.717) is 35.6 Å². The number of benzene rings is 1. The van der Waals surface area contributed by atoms with Crippen molar-refractivity contribution in [3.8, 4) is 11.5 Å². The molecule has 1 amide bonds. The number of hydrogen-bond acceptors (Lipinski definition) is 7. The molecule has 0 radical (unpaired) electrons. The smallest absolute Gasteiger partial charge is 0.258 e. The lowest BCUT2D eigenvalue weighted by Gasteiger charge is -2.21. The molecule has 148 valence electrons. The van der Waals surface area contributed by atoms with Crippen LogP contribution in [0.1, 0.15) is 33.3 Å². The van der Waals surface area contributed by atoms with E-state index in [2.05, 4.69) is 26.2 Å². The van der Waals surface area contributed by atoms with Gasteiger partial charge in [0, 0.05) is 30.2 Å². The summed E-state index contributed by atoms with van der Waals surface area (Å²) in [6.07, 6.45) is 0. The fourth-order valence-electron chi connectivity index (χ4n) is 2.24. The van der Waals surface area contributed by atoms with Gasteiger partial charge in [-0.1, -0.05) is 16.7 Å². The molecule has 9 nitrogen and oxygen atoms in total. The van der Waals surface area contributed by atoms with Crippen molar-refractivity contribution in [2.45, 2.75) is 39.8 Å². The number of carbonyl (C=O) groups is 1. The zero-order chi connectivity index (χ0) is 20.0. The molecule has 0 bridgehead atoms. The second kappa shape index (κ2) is 8.90. The maximum Gasteiger partial charge on any atom is 0.258 e. The van der Waals surface area contributed by atoms with Crippen molar-refractivity contribution in [1.82, 2.24) is 25.5 Å². The molecule has 0 saturated heterocycles. The van der Waals surface area contributed by atoms with Crippen LogP contribution in [0, 0.1) is 0 Å². The summed E-state index contributed by atoms with van der Waals surface area (Å²) in [6.45, 7) is 8.30. The third-order valence-electron chi connectivity index (χ3n) is 3.34. The standard InChI is InChI=1S/C17H25ClN6O3/c1-6-26-13-7-11(9-19-16-21-22-23-24(16)5)12(18)8-14(13)27-10-15(25)20-17(2,3)4/h7-8H,6,9-10H2,1-5H3,(H,20,25)(H,19,21,23). The second-order valence-electron chi connectivity index (χ2n) is 6.89. The lowest BCUT2D eigenvalue weighted by atomic mass is 10.1. The number of amides is 1. The SMILES string of the molecule is CCOc1cc(CNc2nnnn2C)c(Cl)cc1OCC(=O)NC(C)(C)C. The second-order valence-corrected chi connectivity index (χ2v) is 7.30. The number of aromatic nitrogens is 4. The van der Waals surface area contributed by atoms with Crippen LogP contribution >= 0.6 is 11.6 Å². The minimum Gasteiger partial charge on any atom is -0.490 e. The van der Waals surface area contributed by atoms with E-state index < -0.39 is 0 Å². The molecule has 10 heteroatoms. The Kier molecular flexibility index (Phi) is 6.84. The van der Waals surface area contributed by atoms with E-state index >= 15 is 0 Å². The highest BCUT2D eigenvalue weighted by molar-refractivity contribution is 6.31. The summed E-state index contributed by atoms with van der Waals surface area (Å²) in [5.74, 6) is 1.22. The van der Waals surface area contributed by atoms with E-state index in [1.807, 2.05) is 27.7 Å². The molecule has 0 aliphatic rings. The summed E-state index contributed by atoms with van der Waals surface area (Å²) in [4.78, 5) is 12.0. The van der Waals surface area contributed by atoms with E-state index in [1.165, 1.54) is 4.68 Å². The summed E-state index contributed by atoms with van der Waals surface area (Å²) in [6, 6.07) is 3.42. The molecule has 2 N–H and O–H groups in total. The van der Waals surface area contributed by atoms with Crippen LogP contribution < -0.4 is 20.1 Å².